The van der Waals surface area contributed by atoms with Gasteiger partial charge in [-0.25, -0.2) is 4.98 Å². The number of hydrogen-bond donors (Lipinski definition) is 2. The standard InChI is InChI=1S/C22H20ClN3O2S.CH5N/c1-12-3-5-18-20(7-12)29-22(25-18)26-9-14(11-28-13(2)27)21-16-8-15(23)4-6-17(16)24-19(21)10-26;1-2/h3-8,14,24H,9-11H2,1-2H3;2H2,1H3. The molecule has 8 heteroatoms. The normalized spacial score (nSPS) is 15.5. The Morgan fingerprint density at radius 2 is 2.13 bits per heavy atom. The molecule has 1 aliphatic heterocycles. The minimum Gasteiger partial charge on any atom is -0.465 e. The van der Waals surface area contributed by atoms with E-state index < -0.39 is 0 Å². The number of thiazole rings is 1. The van der Waals surface area contributed by atoms with E-state index in [1.807, 2.05) is 18.2 Å². The van der Waals surface area contributed by atoms with Gasteiger partial charge in [-0.2, -0.15) is 0 Å². The number of hydrogen-bond acceptors (Lipinski definition) is 6. The predicted octanol–water partition coefficient (Wildman–Crippen LogP) is 4.98. The van der Waals surface area contributed by atoms with E-state index in [1.165, 1.54) is 29.8 Å². The van der Waals surface area contributed by atoms with Crippen LogP contribution in [0.2, 0.25) is 5.02 Å². The minimum absolute atomic E-state index is 0.0450. The van der Waals surface area contributed by atoms with Crippen molar-refractivity contribution in [3.8, 4) is 0 Å². The topological polar surface area (TPSA) is 84.2 Å². The van der Waals surface area contributed by atoms with Crippen molar-refractivity contribution in [1.82, 2.24) is 9.97 Å². The van der Waals surface area contributed by atoms with Gasteiger partial charge in [-0.15, -0.1) is 0 Å². The first-order valence-electron chi connectivity index (χ1n) is 10.1. The summed E-state index contributed by atoms with van der Waals surface area (Å²) in [5.74, 6) is -0.222. The summed E-state index contributed by atoms with van der Waals surface area (Å²) in [6.45, 7) is 5.35. The fourth-order valence-electron chi connectivity index (χ4n) is 4.10. The van der Waals surface area contributed by atoms with Crippen LogP contribution in [0.25, 0.3) is 21.1 Å². The number of aromatic nitrogens is 2. The minimum atomic E-state index is -0.267. The molecule has 3 heterocycles. The van der Waals surface area contributed by atoms with Crippen LogP contribution in [-0.4, -0.2) is 36.1 Å². The van der Waals surface area contributed by atoms with Gasteiger partial charge in [-0.3, -0.25) is 4.79 Å². The summed E-state index contributed by atoms with van der Waals surface area (Å²) in [6.07, 6.45) is 0. The van der Waals surface area contributed by atoms with Crippen LogP contribution in [0.15, 0.2) is 36.4 Å². The quantitative estimate of drug-likeness (QED) is 0.424. The van der Waals surface area contributed by atoms with Crippen LogP contribution >= 0.6 is 22.9 Å². The van der Waals surface area contributed by atoms with E-state index in [0.29, 0.717) is 11.6 Å². The fraction of sp³-hybridized carbons (Fsp3) is 0.304. The molecule has 0 amide bonds. The Labute approximate surface area is 190 Å². The largest absolute Gasteiger partial charge is 0.465 e. The molecule has 0 saturated heterocycles. The third-order valence-corrected chi connectivity index (χ3v) is 6.69. The van der Waals surface area contributed by atoms with Crippen molar-refractivity contribution in [3.63, 3.8) is 0 Å². The first-order chi connectivity index (χ1) is 15.0. The first-order valence-corrected chi connectivity index (χ1v) is 11.3. The summed E-state index contributed by atoms with van der Waals surface area (Å²) >= 11 is 7.96. The van der Waals surface area contributed by atoms with Crippen LogP contribution in [0.3, 0.4) is 0 Å². The van der Waals surface area contributed by atoms with Crippen molar-refractivity contribution in [2.75, 3.05) is 25.1 Å². The number of rotatable bonds is 3. The predicted molar refractivity (Wildman–Crippen MR) is 128 cm³/mol. The number of fused-ring (bicyclic) bond motifs is 4. The molecule has 0 saturated carbocycles. The Morgan fingerprint density at radius 1 is 1.32 bits per heavy atom. The van der Waals surface area contributed by atoms with Gasteiger partial charge in [0.2, 0.25) is 0 Å². The summed E-state index contributed by atoms with van der Waals surface area (Å²) in [7, 11) is 1.50. The summed E-state index contributed by atoms with van der Waals surface area (Å²) in [4.78, 5) is 22.1. The number of benzene rings is 2. The molecule has 5 rings (SSSR count). The summed E-state index contributed by atoms with van der Waals surface area (Å²) in [5.41, 5.74) is 10.1. The first kappa shape index (κ1) is 21.6. The third kappa shape index (κ3) is 4.26. The molecule has 0 radical (unpaired) electrons. The number of aryl methyl sites for hydroxylation is 1. The smallest absolute Gasteiger partial charge is 0.302 e. The average Bonchev–Trinajstić information content (AvgIpc) is 3.34. The Bertz CT molecular complexity index is 1250. The maximum atomic E-state index is 11.5. The van der Waals surface area contributed by atoms with E-state index in [1.54, 1.807) is 11.3 Å². The van der Waals surface area contributed by atoms with Crippen LogP contribution in [-0.2, 0) is 16.1 Å². The number of carbonyl (C=O) groups excluding carboxylic acids is 1. The molecular weight excluding hydrogens is 432 g/mol. The Morgan fingerprint density at radius 3 is 2.90 bits per heavy atom. The van der Waals surface area contributed by atoms with Gasteiger partial charge in [0, 0.05) is 41.0 Å². The molecule has 4 aromatic rings. The van der Waals surface area contributed by atoms with Crippen molar-refractivity contribution < 1.29 is 9.53 Å². The summed E-state index contributed by atoms with van der Waals surface area (Å²) in [6, 6.07) is 12.2. The van der Waals surface area contributed by atoms with Crippen molar-refractivity contribution >= 4 is 55.2 Å². The molecule has 1 aliphatic rings. The SMILES string of the molecule is CC(=O)OCC1CN(c2nc3ccc(C)cc3s2)Cc2[nH]c3ccc(Cl)cc3c21.CN. The van der Waals surface area contributed by atoms with Crippen LogP contribution < -0.4 is 10.6 Å². The number of H-pyrrole nitrogens is 1. The second-order valence-electron chi connectivity index (χ2n) is 7.55. The Balaban J connectivity index is 0.00000112. The van der Waals surface area contributed by atoms with E-state index in [9.17, 15) is 4.79 Å². The second kappa shape index (κ2) is 8.86. The number of carbonyl (C=O) groups is 1. The molecule has 2 aromatic heterocycles. The van der Waals surface area contributed by atoms with Crippen LogP contribution in [0.4, 0.5) is 5.13 Å². The molecule has 0 spiro atoms. The molecule has 0 aliphatic carbocycles. The lowest BCUT2D eigenvalue weighted by molar-refractivity contribution is -0.141. The lowest BCUT2D eigenvalue weighted by atomic mass is 9.92. The van der Waals surface area contributed by atoms with E-state index in [4.69, 9.17) is 21.3 Å². The van der Waals surface area contributed by atoms with Crippen molar-refractivity contribution in [2.45, 2.75) is 26.3 Å². The van der Waals surface area contributed by atoms with Gasteiger partial charge in [-0.05, 0) is 55.4 Å². The lowest BCUT2D eigenvalue weighted by Gasteiger charge is -2.32. The molecule has 162 valence electrons. The number of nitrogens with two attached hydrogens (primary N) is 1. The molecule has 2 aromatic carbocycles. The van der Waals surface area contributed by atoms with Gasteiger partial charge < -0.3 is 20.4 Å². The number of aromatic amines is 1. The third-order valence-electron chi connectivity index (χ3n) is 5.37. The highest BCUT2D eigenvalue weighted by Gasteiger charge is 2.31. The fourth-order valence-corrected chi connectivity index (χ4v) is 5.34. The zero-order valence-corrected chi connectivity index (χ0v) is 19.3. The maximum Gasteiger partial charge on any atom is 0.302 e. The van der Waals surface area contributed by atoms with Gasteiger partial charge in [0.05, 0.1) is 23.4 Å². The number of ether oxygens (including phenoxy) is 1. The number of esters is 1. The molecule has 0 fully saturated rings. The van der Waals surface area contributed by atoms with Crippen molar-refractivity contribution in [2.24, 2.45) is 5.73 Å². The molecule has 1 unspecified atom stereocenters. The van der Waals surface area contributed by atoms with Crippen molar-refractivity contribution in [3.05, 3.63) is 58.2 Å². The van der Waals surface area contributed by atoms with Gasteiger partial charge in [0.1, 0.15) is 0 Å². The number of anilines is 1. The van der Waals surface area contributed by atoms with Gasteiger partial charge in [0.25, 0.3) is 0 Å². The zero-order valence-electron chi connectivity index (χ0n) is 17.7. The molecule has 31 heavy (non-hydrogen) atoms. The molecular formula is C23H25ClN4O2S. The lowest BCUT2D eigenvalue weighted by Crippen LogP contribution is -2.35. The Hall–Kier alpha value is -2.61. The van der Waals surface area contributed by atoms with Crippen molar-refractivity contribution in [1.29, 1.82) is 0 Å². The average molecular weight is 457 g/mol. The van der Waals surface area contributed by atoms with E-state index in [0.717, 1.165) is 40.3 Å². The number of nitrogens with zero attached hydrogens (tertiary/aromatic N) is 2. The highest BCUT2D eigenvalue weighted by atomic mass is 35.5. The number of halogens is 1. The van der Waals surface area contributed by atoms with Gasteiger partial charge in [-0.1, -0.05) is 29.0 Å². The van der Waals surface area contributed by atoms with Gasteiger partial charge in [0.15, 0.2) is 5.13 Å². The van der Waals surface area contributed by atoms with Crippen LogP contribution in [0.5, 0.6) is 0 Å². The monoisotopic (exact) mass is 456 g/mol. The molecule has 6 nitrogen and oxygen atoms in total. The van der Waals surface area contributed by atoms with E-state index in [-0.39, 0.29) is 11.9 Å². The number of nitrogens with one attached hydrogen (secondary N) is 1. The zero-order chi connectivity index (χ0) is 22.1. The van der Waals surface area contributed by atoms with E-state index in [2.05, 4.69) is 40.7 Å². The maximum absolute atomic E-state index is 11.5. The summed E-state index contributed by atoms with van der Waals surface area (Å²) in [5, 5.41) is 2.79. The molecule has 3 N–H and O–H groups in total. The van der Waals surface area contributed by atoms with Crippen LogP contribution in [0, 0.1) is 6.92 Å². The summed E-state index contributed by atoms with van der Waals surface area (Å²) < 4.78 is 6.60. The Kier molecular flexibility index (Phi) is 6.18. The highest BCUT2D eigenvalue weighted by Crippen LogP contribution is 2.39. The molecule has 1 atom stereocenters. The molecule has 0 bridgehead atoms. The van der Waals surface area contributed by atoms with E-state index >= 15 is 0 Å². The van der Waals surface area contributed by atoms with Crippen LogP contribution in [0.1, 0.15) is 29.7 Å². The highest BCUT2D eigenvalue weighted by molar-refractivity contribution is 7.22. The van der Waals surface area contributed by atoms with Gasteiger partial charge >= 0.3 is 5.97 Å². The second-order valence-corrected chi connectivity index (χ2v) is 9.00.